The Morgan fingerprint density at radius 3 is 2.50 bits per heavy atom. The van der Waals surface area contributed by atoms with Crippen molar-refractivity contribution < 1.29 is 13.8 Å². The first-order chi connectivity index (χ1) is 7.65. The standard InChI is InChI=1S/C10H11N3O3/c1-6-3-8(15-12-6)5-11-10(14)9-4-7(2)13-16-9/h3-4H,5H2,1-2H3,(H,11,14). The maximum atomic E-state index is 11.5. The van der Waals surface area contributed by atoms with E-state index in [1.54, 1.807) is 19.1 Å². The number of carbonyl (C=O) groups excluding carboxylic acids is 1. The fourth-order valence-corrected chi connectivity index (χ4v) is 1.22. The van der Waals surface area contributed by atoms with Crippen LogP contribution in [0.15, 0.2) is 21.2 Å². The van der Waals surface area contributed by atoms with Gasteiger partial charge in [-0.2, -0.15) is 0 Å². The van der Waals surface area contributed by atoms with Crippen LogP contribution >= 0.6 is 0 Å². The fraction of sp³-hybridized carbons (Fsp3) is 0.300. The van der Waals surface area contributed by atoms with Crippen LogP contribution in [0.1, 0.15) is 27.7 Å². The van der Waals surface area contributed by atoms with Gasteiger partial charge in [0.05, 0.1) is 17.9 Å². The topological polar surface area (TPSA) is 81.2 Å². The van der Waals surface area contributed by atoms with Crippen LogP contribution < -0.4 is 5.32 Å². The van der Waals surface area contributed by atoms with E-state index in [0.29, 0.717) is 11.5 Å². The molecule has 84 valence electrons. The number of nitrogens with zero attached hydrogens (tertiary/aromatic N) is 2. The first-order valence-corrected chi connectivity index (χ1v) is 4.79. The summed E-state index contributed by atoms with van der Waals surface area (Å²) in [6, 6.07) is 3.33. The van der Waals surface area contributed by atoms with Crippen molar-refractivity contribution in [1.29, 1.82) is 0 Å². The average Bonchev–Trinajstić information content (AvgIpc) is 2.84. The summed E-state index contributed by atoms with van der Waals surface area (Å²) in [4.78, 5) is 11.5. The van der Waals surface area contributed by atoms with Crippen molar-refractivity contribution in [3.05, 3.63) is 35.0 Å². The van der Waals surface area contributed by atoms with E-state index >= 15 is 0 Å². The Kier molecular flexibility index (Phi) is 2.72. The van der Waals surface area contributed by atoms with Crippen molar-refractivity contribution in [2.24, 2.45) is 0 Å². The molecule has 6 heteroatoms. The van der Waals surface area contributed by atoms with E-state index in [-0.39, 0.29) is 18.2 Å². The lowest BCUT2D eigenvalue weighted by Gasteiger charge is -1.97. The van der Waals surface area contributed by atoms with Gasteiger partial charge in [0.2, 0.25) is 5.76 Å². The highest BCUT2D eigenvalue weighted by Crippen LogP contribution is 2.04. The van der Waals surface area contributed by atoms with Crippen LogP contribution in [0.5, 0.6) is 0 Å². The summed E-state index contributed by atoms with van der Waals surface area (Å²) in [7, 11) is 0. The molecule has 2 aromatic rings. The maximum absolute atomic E-state index is 11.5. The highest BCUT2D eigenvalue weighted by Gasteiger charge is 2.11. The van der Waals surface area contributed by atoms with Gasteiger partial charge in [0, 0.05) is 12.1 Å². The maximum Gasteiger partial charge on any atom is 0.290 e. The molecule has 0 bridgehead atoms. The van der Waals surface area contributed by atoms with Crippen molar-refractivity contribution >= 4 is 5.91 Å². The molecule has 16 heavy (non-hydrogen) atoms. The summed E-state index contributed by atoms with van der Waals surface area (Å²) in [5.41, 5.74) is 1.44. The third kappa shape index (κ3) is 2.28. The molecule has 0 fully saturated rings. The average molecular weight is 221 g/mol. The molecule has 0 spiro atoms. The molecule has 2 aromatic heterocycles. The minimum atomic E-state index is -0.324. The van der Waals surface area contributed by atoms with Crippen LogP contribution in [0.4, 0.5) is 0 Å². The molecule has 0 saturated carbocycles. The summed E-state index contributed by atoms with van der Waals surface area (Å²) in [5, 5.41) is 9.97. The van der Waals surface area contributed by atoms with Gasteiger partial charge in [0.25, 0.3) is 5.91 Å². The lowest BCUT2D eigenvalue weighted by atomic mass is 10.3. The Balaban J connectivity index is 1.93. The molecule has 6 nitrogen and oxygen atoms in total. The molecule has 2 heterocycles. The van der Waals surface area contributed by atoms with Gasteiger partial charge in [-0.15, -0.1) is 0 Å². The molecule has 0 atom stereocenters. The fourth-order valence-electron chi connectivity index (χ4n) is 1.22. The van der Waals surface area contributed by atoms with Gasteiger partial charge in [-0.05, 0) is 13.8 Å². The highest BCUT2D eigenvalue weighted by molar-refractivity contribution is 5.91. The number of carbonyl (C=O) groups is 1. The number of rotatable bonds is 3. The van der Waals surface area contributed by atoms with Gasteiger partial charge in [-0.25, -0.2) is 0 Å². The summed E-state index contributed by atoms with van der Waals surface area (Å²) in [5.74, 6) is 0.463. The lowest BCUT2D eigenvalue weighted by Crippen LogP contribution is -2.21. The Morgan fingerprint density at radius 2 is 1.94 bits per heavy atom. The van der Waals surface area contributed by atoms with Crippen LogP contribution in [0.3, 0.4) is 0 Å². The molecular weight excluding hydrogens is 210 g/mol. The summed E-state index contributed by atoms with van der Waals surface area (Å²) >= 11 is 0. The van der Waals surface area contributed by atoms with Crippen LogP contribution in [0.2, 0.25) is 0 Å². The normalized spacial score (nSPS) is 10.4. The summed E-state index contributed by atoms with van der Waals surface area (Å²) in [6.07, 6.45) is 0. The molecule has 0 aliphatic rings. The van der Waals surface area contributed by atoms with Gasteiger partial charge >= 0.3 is 0 Å². The quantitative estimate of drug-likeness (QED) is 0.842. The molecule has 0 aromatic carbocycles. The van der Waals surface area contributed by atoms with E-state index in [1.807, 2.05) is 6.92 Å². The molecule has 0 unspecified atom stereocenters. The minimum Gasteiger partial charge on any atom is -0.359 e. The van der Waals surface area contributed by atoms with Gasteiger partial charge < -0.3 is 14.4 Å². The van der Waals surface area contributed by atoms with E-state index in [9.17, 15) is 4.79 Å². The van der Waals surface area contributed by atoms with Crippen LogP contribution in [0.25, 0.3) is 0 Å². The molecule has 1 N–H and O–H groups in total. The van der Waals surface area contributed by atoms with Gasteiger partial charge in [0.1, 0.15) is 0 Å². The van der Waals surface area contributed by atoms with Crippen LogP contribution in [0, 0.1) is 13.8 Å². The van der Waals surface area contributed by atoms with Crippen LogP contribution in [-0.2, 0) is 6.54 Å². The largest absolute Gasteiger partial charge is 0.359 e. The predicted octanol–water partition coefficient (Wildman–Crippen LogP) is 1.21. The minimum absolute atomic E-state index is 0.189. The first kappa shape index (κ1) is 10.4. The zero-order valence-electron chi connectivity index (χ0n) is 8.98. The smallest absolute Gasteiger partial charge is 0.290 e. The van der Waals surface area contributed by atoms with Crippen molar-refractivity contribution in [2.75, 3.05) is 0 Å². The zero-order chi connectivity index (χ0) is 11.5. The van der Waals surface area contributed by atoms with E-state index in [4.69, 9.17) is 9.05 Å². The van der Waals surface area contributed by atoms with E-state index in [2.05, 4.69) is 15.6 Å². The van der Waals surface area contributed by atoms with E-state index in [1.165, 1.54) is 0 Å². The van der Waals surface area contributed by atoms with Crippen molar-refractivity contribution in [1.82, 2.24) is 15.6 Å². The van der Waals surface area contributed by atoms with Gasteiger partial charge in [-0.1, -0.05) is 10.3 Å². The first-order valence-electron chi connectivity index (χ1n) is 4.79. The van der Waals surface area contributed by atoms with Crippen molar-refractivity contribution in [3.8, 4) is 0 Å². The molecule has 0 aliphatic carbocycles. The van der Waals surface area contributed by atoms with Gasteiger partial charge in [-0.3, -0.25) is 4.79 Å². The monoisotopic (exact) mass is 221 g/mol. The number of hydrogen-bond acceptors (Lipinski definition) is 5. The Bertz CT molecular complexity index is 501. The summed E-state index contributed by atoms with van der Waals surface area (Å²) < 4.78 is 9.76. The molecule has 1 amide bonds. The van der Waals surface area contributed by atoms with E-state index in [0.717, 1.165) is 5.69 Å². The second kappa shape index (κ2) is 4.18. The molecule has 0 radical (unpaired) electrons. The number of aryl methyl sites for hydroxylation is 2. The Labute approximate surface area is 91.6 Å². The number of amides is 1. The number of nitrogens with one attached hydrogen (secondary N) is 1. The van der Waals surface area contributed by atoms with Crippen LogP contribution in [-0.4, -0.2) is 16.2 Å². The molecular formula is C10H11N3O3. The third-order valence-electron chi connectivity index (χ3n) is 1.95. The SMILES string of the molecule is Cc1cc(CNC(=O)c2cc(C)no2)on1. The van der Waals surface area contributed by atoms with E-state index < -0.39 is 0 Å². The molecule has 2 rings (SSSR count). The van der Waals surface area contributed by atoms with Crippen molar-refractivity contribution in [2.45, 2.75) is 20.4 Å². The second-order valence-corrected chi connectivity index (χ2v) is 3.45. The zero-order valence-corrected chi connectivity index (χ0v) is 8.98. The number of hydrogen-bond donors (Lipinski definition) is 1. The van der Waals surface area contributed by atoms with Gasteiger partial charge in [0.15, 0.2) is 5.76 Å². The second-order valence-electron chi connectivity index (χ2n) is 3.45. The third-order valence-corrected chi connectivity index (χ3v) is 1.95. The summed E-state index contributed by atoms with van der Waals surface area (Å²) in [6.45, 7) is 3.84. The van der Waals surface area contributed by atoms with Crippen molar-refractivity contribution in [3.63, 3.8) is 0 Å². The molecule has 0 aliphatic heterocycles. The molecule has 0 saturated heterocycles. The Hall–Kier alpha value is -2.11. The lowest BCUT2D eigenvalue weighted by molar-refractivity contribution is 0.0910. The highest BCUT2D eigenvalue weighted by atomic mass is 16.5. The number of aromatic nitrogens is 2. The Morgan fingerprint density at radius 1 is 1.25 bits per heavy atom. The predicted molar refractivity (Wildman–Crippen MR) is 53.7 cm³/mol.